The molecule has 66 valence electrons. The molecule has 0 spiro atoms. The van der Waals surface area contributed by atoms with E-state index < -0.39 is 0 Å². The maximum Gasteiger partial charge on any atom is 0.0350 e. The van der Waals surface area contributed by atoms with Crippen molar-refractivity contribution in [2.45, 2.75) is 32.9 Å². The normalized spacial score (nSPS) is 21.3. The minimum Gasteiger partial charge on any atom is -0.300 e. The summed E-state index contributed by atoms with van der Waals surface area (Å²) < 4.78 is 0. The summed E-state index contributed by atoms with van der Waals surface area (Å²) in [6.07, 6.45) is 0. The van der Waals surface area contributed by atoms with Gasteiger partial charge in [-0.15, -0.1) is 0 Å². The molecule has 11 heavy (non-hydrogen) atoms. The second kappa shape index (κ2) is 3.55. The second-order valence-corrected chi connectivity index (χ2v) is 3.77. The van der Waals surface area contributed by atoms with Gasteiger partial charge in [0.2, 0.25) is 0 Å². The monoisotopic (exact) mass is 156 g/mol. The second-order valence-electron chi connectivity index (χ2n) is 3.77. The minimum atomic E-state index is 0.694. The summed E-state index contributed by atoms with van der Waals surface area (Å²) in [7, 11) is 2.22. The molecule has 0 aliphatic carbocycles. The Morgan fingerprint density at radius 1 is 1.45 bits per heavy atom. The molecule has 0 N–H and O–H groups in total. The fourth-order valence-electron chi connectivity index (χ4n) is 1.48. The van der Waals surface area contributed by atoms with E-state index in [1.165, 1.54) is 19.6 Å². The van der Waals surface area contributed by atoms with Crippen LogP contribution in [0.4, 0.5) is 0 Å². The molecule has 1 heterocycles. The third-order valence-electron chi connectivity index (χ3n) is 2.78. The van der Waals surface area contributed by atoms with E-state index in [0.717, 1.165) is 6.04 Å². The van der Waals surface area contributed by atoms with Crippen LogP contribution in [0.25, 0.3) is 0 Å². The number of rotatable bonds is 3. The van der Waals surface area contributed by atoms with Crippen LogP contribution in [0.2, 0.25) is 0 Å². The fourth-order valence-corrected chi connectivity index (χ4v) is 1.48. The number of hydrogen-bond acceptors (Lipinski definition) is 2. The van der Waals surface area contributed by atoms with Gasteiger partial charge in [0, 0.05) is 25.2 Å². The minimum absolute atomic E-state index is 0.694. The van der Waals surface area contributed by atoms with E-state index in [1.54, 1.807) is 0 Å². The lowest BCUT2D eigenvalue weighted by molar-refractivity contribution is 0.0371. The first kappa shape index (κ1) is 9.01. The maximum atomic E-state index is 2.48. The lowest BCUT2D eigenvalue weighted by atomic mass is 10.1. The van der Waals surface area contributed by atoms with Crippen LogP contribution >= 0.6 is 0 Å². The average Bonchev–Trinajstić information content (AvgIpc) is 1.85. The van der Waals surface area contributed by atoms with Crippen molar-refractivity contribution in [1.82, 2.24) is 9.80 Å². The van der Waals surface area contributed by atoms with Gasteiger partial charge in [-0.05, 0) is 27.4 Å². The van der Waals surface area contributed by atoms with Crippen molar-refractivity contribution in [3.05, 3.63) is 0 Å². The van der Waals surface area contributed by atoms with Crippen molar-refractivity contribution in [3.63, 3.8) is 0 Å². The van der Waals surface area contributed by atoms with Crippen LogP contribution in [0.5, 0.6) is 0 Å². The molecule has 0 unspecified atom stereocenters. The summed E-state index contributed by atoms with van der Waals surface area (Å²) in [5, 5.41) is 0. The van der Waals surface area contributed by atoms with Crippen molar-refractivity contribution < 1.29 is 0 Å². The molecule has 0 atom stereocenters. The van der Waals surface area contributed by atoms with Crippen molar-refractivity contribution in [3.8, 4) is 0 Å². The Labute approximate surface area is 70.2 Å². The molecule has 0 aromatic heterocycles. The van der Waals surface area contributed by atoms with Crippen LogP contribution in [0.1, 0.15) is 20.8 Å². The van der Waals surface area contributed by atoms with E-state index in [9.17, 15) is 0 Å². The third-order valence-corrected chi connectivity index (χ3v) is 2.78. The van der Waals surface area contributed by atoms with Gasteiger partial charge in [0.15, 0.2) is 0 Å². The van der Waals surface area contributed by atoms with Gasteiger partial charge in [-0.25, -0.2) is 0 Å². The summed E-state index contributed by atoms with van der Waals surface area (Å²) >= 11 is 0. The molecular weight excluding hydrogens is 136 g/mol. The molecular formula is C9H20N2. The van der Waals surface area contributed by atoms with E-state index in [-0.39, 0.29) is 0 Å². The lowest BCUT2D eigenvalue weighted by Gasteiger charge is -2.45. The van der Waals surface area contributed by atoms with Gasteiger partial charge in [0.25, 0.3) is 0 Å². The van der Waals surface area contributed by atoms with Crippen LogP contribution in [0, 0.1) is 0 Å². The summed E-state index contributed by atoms with van der Waals surface area (Å²) in [6, 6.07) is 1.51. The highest BCUT2D eigenvalue weighted by Crippen LogP contribution is 2.14. The van der Waals surface area contributed by atoms with Crippen LogP contribution < -0.4 is 0 Å². The van der Waals surface area contributed by atoms with Gasteiger partial charge in [0.05, 0.1) is 0 Å². The topological polar surface area (TPSA) is 6.48 Å². The van der Waals surface area contributed by atoms with E-state index in [2.05, 4.69) is 37.6 Å². The molecule has 2 heteroatoms. The van der Waals surface area contributed by atoms with Gasteiger partial charge in [0.1, 0.15) is 0 Å². The predicted molar refractivity (Wildman–Crippen MR) is 48.8 cm³/mol. The molecule has 1 rings (SSSR count). The molecule has 0 radical (unpaired) electrons. The molecule has 0 aromatic carbocycles. The molecule has 1 saturated heterocycles. The summed E-state index contributed by atoms with van der Waals surface area (Å²) in [6.45, 7) is 10.5. The Kier molecular flexibility index (Phi) is 2.90. The van der Waals surface area contributed by atoms with Crippen LogP contribution in [-0.4, -0.2) is 48.6 Å². The number of hydrogen-bond donors (Lipinski definition) is 0. The number of likely N-dealkylation sites (tertiary alicyclic amines) is 1. The highest BCUT2D eigenvalue weighted by Gasteiger charge is 2.29. The smallest absolute Gasteiger partial charge is 0.0350 e. The first-order valence-electron chi connectivity index (χ1n) is 4.59. The Balaban J connectivity index is 2.21. The molecule has 0 amide bonds. The quantitative estimate of drug-likeness (QED) is 0.602. The van der Waals surface area contributed by atoms with Gasteiger partial charge < -0.3 is 4.90 Å². The summed E-state index contributed by atoms with van der Waals surface area (Å²) in [5.74, 6) is 0. The zero-order valence-electron chi connectivity index (χ0n) is 8.17. The third kappa shape index (κ3) is 1.94. The Morgan fingerprint density at radius 2 is 2.00 bits per heavy atom. The average molecular weight is 156 g/mol. The standard InChI is InChI=1S/C9H20N2/c1-5-11-6-9(7-11)10(4)8(2)3/h8-9H,5-7H2,1-4H3. The van der Waals surface area contributed by atoms with E-state index in [0.29, 0.717) is 6.04 Å². The van der Waals surface area contributed by atoms with Crippen molar-refractivity contribution in [1.29, 1.82) is 0 Å². The summed E-state index contributed by atoms with van der Waals surface area (Å²) in [4.78, 5) is 4.94. The van der Waals surface area contributed by atoms with Gasteiger partial charge in [-0.1, -0.05) is 6.92 Å². The van der Waals surface area contributed by atoms with E-state index >= 15 is 0 Å². The molecule has 1 aliphatic rings. The first-order valence-corrected chi connectivity index (χ1v) is 4.59. The van der Waals surface area contributed by atoms with Crippen molar-refractivity contribution in [2.24, 2.45) is 0 Å². The Bertz CT molecular complexity index is 117. The van der Waals surface area contributed by atoms with E-state index in [1.807, 2.05) is 0 Å². The zero-order chi connectivity index (χ0) is 8.43. The lowest BCUT2D eigenvalue weighted by Crippen LogP contribution is -2.59. The van der Waals surface area contributed by atoms with Crippen molar-refractivity contribution >= 4 is 0 Å². The first-order chi connectivity index (χ1) is 5.15. The molecule has 0 bridgehead atoms. The molecule has 1 fully saturated rings. The van der Waals surface area contributed by atoms with Crippen LogP contribution in [-0.2, 0) is 0 Å². The maximum absolute atomic E-state index is 2.48. The van der Waals surface area contributed by atoms with Crippen LogP contribution in [0.15, 0.2) is 0 Å². The van der Waals surface area contributed by atoms with Crippen molar-refractivity contribution in [2.75, 3.05) is 26.7 Å². The highest BCUT2D eigenvalue weighted by molar-refractivity contribution is 4.86. The number of nitrogens with zero attached hydrogens (tertiary/aromatic N) is 2. The zero-order valence-corrected chi connectivity index (χ0v) is 8.17. The molecule has 0 aromatic rings. The highest BCUT2D eigenvalue weighted by atomic mass is 15.3. The van der Waals surface area contributed by atoms with Gasteiger partial charge in [-0.2, -0.15) is 0 Å². The molecule has 0 saturated carbocycles. The van der Waals surface area contributed by atoms with E-state index in [4.69, 9.17) is 0 Å². The molecule has 1 aliphatic heterocycles. The Hall–Kier alpha value is -0.0800. The number of likely N-dealkylation sites (N-methyl/N-ethyl adjacent to an activating group) is 2. The molecule has 2 nitrogen and oxygen atoms in total. The SMILES string of the molecule is CCN1CC(N(C)C(C)C)C1. The van der Waals surface area contributed by atoms with Gasteiger partial charge >= 0.3 is 0 Å². The van der Waals surface area contributed by atoms with Gasteiger partial charge in [-0.3, -0.25) is 4.90 Å². The Morgan fingerprint density at radius 3 is 2.36 bits per heavy atom. The fraction of sp³-hybridized carbons (Fsp3) is 1.00. The summed E-state index contributed by atoms with van der Waals surface area (Å²) in [5.41, 5.74) is 0. The largest absolute Gasteiger partial charge is 0.300 e. The van der Waals surface area contributed by atoms with Crippen LogP contribution in [0.3, 0.4) is 0 Å². The predicted octanol–water partition coefficient (Wildman–Crippen LogP) is 1.03.